The third-order valence-corrected chi connectivity index (χ3v) is 3.49. The van der Waals surface area contributed by atoms with Gasteiger partial charge in [-0.1, -0.05) is 38.1 Å². The van der Waals surface area contributed by atoms with Crippen LogP contribution < -0.4 is 0 Å². The van der Waals surface area contributed by atoms with Gasteiger partial charge in [0, 0.05) is 6.61 Å². The Balaban J connectivity index is 2.10. The third kappa shape index (κ3) is 2.28. The molecule has 1 aliphatic heterocycles. The van der Waals surface area contributed by atoms with Crippen LogP contribution in [0.15, 0.2) is 24.3 Å². The summed E-state index contributed by atoms with van der Waals surface area (Å²) >= 11 is 0. The summed E-state index contributed by atoms with van der Waals surface area (Å²) in [7, 11) is 0. The van der Waals surface area contributed by atoms with Gasteiger partial charge in [-0.05, 0) is 29.9 Å². The Morgan fingerprint density at radius 3 is 2.56 bits per heavy atom. The molecule has 0 saturated carbocycles. The number of aryl methyl sites for hydroxylation is 1. The average molecular weight is 220 g/mol. The van der Waals surface area contributed by atoms with Crippen LogP contribution in [0.3, 0.4) is 0 Å². The van der Waals surface area contributed by atoms with Gasteiger partial charge in [-0.3, -0.25) is 0 Å². The minimum absolute atomic E-state index is 0.0347. The second-order valence-corrected chi connectivity index (χ2v) is 4.64. The largest absolute Gasteiger partial charge is 0.386 e. The molecule has 1 fully saturated rings. The lowest BCUT2D eigenvalue weighted by atomic mass is 9.94. The molecular formula is C14H20O2. The van der Waals surface area contributed by atoms with Gasteiger partial charge in [0.2, 0.25) is 0 Å². The standard InChI is InChI=1S/C14H20O2/c1-3-11-4-6-12(7-5-11)13(15)14-10(2)8-9-16-14/h4-7,10,13-15H,3,8-9H2,1-2H3. The maximum Gasteiger partial charge on any atom is 0.105 e. The first-order chi connectivity index (χ1) is 7.72. The summed E-state index contributed by atoms with van der Waals surface area (Å²) in [6.07, 6.45) is 1.57. The van der Waals surface area contributed by atoms with Crippen molar-refractivity contribution in [2.45, 2.75) is 38.9 Å². The minimum atomic E-state index is -0.483. The number of hydrogen-bond acceptors (Lipinski definition) is 2. The highest BCUT2D eigenvalue weighted by Gasteiger charge is 2.31. The van der Waals surface area contributed by atoms with Crippen LogP contribution in [0.4, 0.5) is 0 Å². The van der Waals surface area contributed by atoms with Gasteiger partial charge in [-0.2, -0.15) is 0 Å². The lowest BCUT2D eigenvalue weighted by Gasteiger charge is -2.21. The number of rotatable bonds is 3. The van der Waals surface area contributed by atoms with E-state index in [0.717, 1.165) is 25.0 Å². The van der Waals surface area contributed by atoms with E-state index in [1.807, 2.05) is 12.1 Å². The van der Waals surface area contributed by atoms with Crippen LogP contribution in [0.2, 0.25) is 0 Å². The Labute approximate surface area is 97.3 Å². The number of aliphatic hydroxyl groups is 1. The van der Waals surface area contributed by atoms with Crippen LogP contribution in [0.5, 0.6) is 0 Å². The van der Waals surface area contributed by atoms with E-state index in [0.29, 0.717) is 5.92 Å². The van der Waals surface area contributed by atoms with Crippen LogP contribution in [0.1, 0.15) is 37.5 Å². The van der Waals surface area contributed by atoms with E-state index in [9.17, 15) is 5.11 Å². The molecule has 2 nitrogen and oxygen atoms in total. The predicted octanol–water partition coefficient (Wildman–Crippen LogP) is 2.71. The Bertz CT molecular complexity index is 331. The summed E-state index contributed by atoms with van der Waals surface area (Å²) < 4.78 is 5.59. The molecule has 88 valence electrons. The summed E-state index contributed by atoms with van der Waals surface area (Å²) in [5, 5.41) is 10.2. The van der Waals surface area contributed by atoms with Crippen LogP contribution in [-0.2, 0) is 11.2 Å². The maximum absolute atomic E-state index is 10.2. The molecule has 1 heterocycles. The fourth-order valence-corrected chi connectivity index (χ4v) is 2.26. The smallest absolute Gasteiger partial charge is 0.105 e. The molecule has 0 amide bonds. The second kappa shape index (κ2) is 4.98. The Morgan fingerprint density at radius 1 is 1.38 bits per heavy atom. The number of aliphatic hydroxyl groups excluding tert-OH is 1. The molecule has 3 atom stereocenters. The molecule has 1 aliphatic rings. The van der Waals surface area contributed by atoms with E-state index < -0.39 is 6.10 Å². The van der Waals surface area contributed by atoms with Crippen molar-refractivity contribution in [2.75, 3.05) is 6.61 Å². The van der Waals surface area contributed by atoms with Crippen molar-refractivity contribution in [3.8, 4) is 0 Å². The molecular weight excluding hydrogens is 200 g/mol. The van der Waals surface area contributed by atoms with Crippen molar-refractivity contribution in [1.82, 2.24) is 0 Å². The minimum Gasteiger partial charge on any atom is -0.386 e. The zero-order valence-electron chi connectivity index (χ0n) is 10.0. The van der Waals surface area contributed by atoms with Gasteiger partial charge >= 0.3 is 0 Å². The molecule has 1 aromatic rings. The first-order valence-corrected chi connectivity index (χ1v) is 6.11. The monoisotopic (exact) mass is 220 g/mol. The first-order valence-electron chi connectivity index (χ1n) is 6.11. The molecule has 2 rings (SSSR count). The molecule has 0 aromatic heterocycles. The van der Waals surface area contributed by atoms with Gasteiger partial charge in [0.05, 0.1) is 6.10 Å². The van der Waals surface area contributed by atoms with Crippen molar-refractivity contribution in [3.05, 3.63) is 35.4 Å². The third-order valence-electron chi connectivity index (χ3n) is 3.49. The summed E-state index contributed by atoms with van der Waals surface area (Å²) in [6, 6.07) is 8.19. The van der Waals surface area contributed by atoms with Crippen molar-refractivity contribution in [1.29, 1.82) is 0 Å². The quantitative estimate of drug-likeness (QED) is 0.848. The van der Waals surface area contributed by atoms with Gasteiger partial charge in [-0.25, -0.2) is 0 Å². The summed E-state index contributed by atoms with van der Waals surface area (Å²) in [5.74, 6) is 0.445. The highest BCUT2D eigenvalue weighted by molar-refractivity contribution is 5.25. The second-order valence-electron chi connectivity index (χ2n) is 4.64. The van der Waals surface area contributed by atoms with E-state index in [2.05, 4.69) is 26.0 Å². The SMILES string of the molecule is CCc1ccc(C(O)C2OCCC2C)cc1. The molecule has 0 aliphatic carbocycles. The highest BCUT2D eigenvalue weighted by Crippen LogP contribution is 2.31. The van der Waals surface area contributed by atoms with Crippen molar-refractivity contribution < 1.29 is 9.84 Å². The molecule has 1 N–H and O–H groups in total. The molecule has 2 heteroatoms. The highest BCUT2D eigenvalue weighted by atomic mass is 16.5. The summed E-state index contributed by atoms with van der Waals surface area (Å²) in [5.41, 5.74) is 2.27. The zero-order chi connectivity index (χ0) is 11.5. The molecule has 16 heavy (non-hydrogen) atoms. The lowest BCUT2D eigenvalue weighted by molar-refractivity contribution is -0.0178. The van der Waals surface area contributed by atoms with Gasteiger partial charge in [0.25, 0.3) is 0 Å². The molecule has 0 bridgehead atoms. The van der Waals surface area contributed by atoms with E-state index in [-0.39, 0.29) is 6.10 Å². The molecule has 0 radical (unpaired) electrons. The fourth-order valence-electron chi connectivity index (χ4n) is 2.26. The lowest BCUT2D eigenvalue weighted by Crippen LogP contribution is -2.22. The van der Waals surface area contributed by atoms with Crippen molar-refractivity contribution in [2.24, 2.45) is 5.92 Å². The summed E-state index contributed by atoms with van der Waals surface area (Å²) in [6.45, 7) is 5.05. The Morgan fingerprint density at radius 2 is 2.06 bits per heavy atom. The maximum atomic E-state index is 10.2. The van der Waals surface area contributed by atoms with Gasteiger partial charge in [0.15, 0.2) is 0 Å². The summed E-state index contributed by atoms with van der Waals surface area (Å²) in [4.78, 5) is 0. The van der Waals surface area contributed by atoms with Gasteiger partial charge in [-0.15, -0.1) is 0 Å². The van der Waals surface area contributed by atoms with E-state index >= 15 is 0 Å². The van der Waals surface area contributed by atoms with Crippen molar-refractivity contribution in [3.63, 3.8) is 0 Å². The van der Waals surface area contributed by atoms with Crippen LogP contribution >= 0.6 is 0 Å². The van der Waals surface area contributed by atoms with Crippen molar-refractivity contribution >= 4 is 0 Å². The van der Waals surface area contributed by atoms with Crippen LogP contribution in [0.25, 0.3) is 0 Å². The Hall–Kier alpha value is -0.860. The zero-order valence-corrected chi connectivity index (χ0v) is 10.0. The van der Waals surface area contributed by atoms with E-state index in [1.165, 1.54) is 5.56 Å². The van der Waals surface area contributed by atoms with E-state index in [4.69, 9.17) is 4.74 Å². The topological polar surface area (TPSA) is 29.5 Å². The van der Waals surface area contributed by atoms with E-state index in [1.54, 1.807) is 0 Å². The van der Waals surface area contributed by atoms with Gasteiger partial charge in [0.1, 0.15) is 6.10 Å². The Kier molecular flexibility index (Phi) is 3.62. The van der Waals surface area contributed by atoms with Gasteiger partial charge < -0.3 is 9.84 Å². The normalized spacial score (nSPS) is 26.9. The first kappa shape index (κ1) is 11.6. The molecule has 3 unspecified atom stereocenters. The number of ether oxygens (including phenoxy) is 1. The molecule has 1 aromatic carbocycles. The van der Waals surface area contributed by atoms with Crippen LogP contribution in [0, 0.1) is 5.92 Å². The average Bonchev–Trinajstić information content (AvgIpc) is 2.75. The fraction of sp³-hybridized carbons (Fsp3) is 0.571. The number of benzene rings is 1. The predicted molar refractivity (Wildman–Crippen MR) is 64.3 cm³/mol. The van der Waals surface area contributed by atoms with Crippen LogP contribution in [-0.4, -0.2) is 17.8 Å². The molecule has 0 spiro atoms. The number of hydrogen-bond donors (Lipinski definition) is 1. The molecule has 1 saturated heterocycles.